The summed E-state index contributed by atoms with van der Waals surface area (Å²) in [4.78, 5) is 11.7. The lowest BCUT2D eigenvalue weighted by Gasteiger charge is -2.18. The zero-order valence-corrected chi connectivity index (χ0v) is 9.52. The first kappa shape index (κ1) is 12.1. The number of ether oxygens (including phenoxy) is 1. The second-order valence-electron chi connectivity index (χ2n) is 3.58. The minimum Gasteiger partial charge on any atom is -0.465 e. The van der Waals surface area contributed by atoms with Crippen LogP contribution in [0.5, 0.6) is 0 Å². The maximum absolute atomic E-state index is 11.7. The van der Waals surface area contributed by atoms with E-state index >= 15 is 0 Å². The predicted octanol–water partition coefficient (Wildman–Crippen LogP) is 1.13. The first-order chi connectivity index (χ1) is 7.54. The largest absolute Gasteiger partial charge is 0.465 e. The van der Waals surface area contributed by atoms with Gasteiger partial charge in [0, 0.05) is 0 Å². The SMILES string of the molecule is CCOC(=O)C(C)(C#N)c1cc(C)cnn1. The Morgan fingerprint density at radius 2 is 2.38 bits per heavy atom. The van der Waals surface area contributed by atoms with E-state index in [1.54, 1.807) is 19.2 Å². The van der Waals surface area contributed by atoms with Gasteiger partial charge in [-0.1, -0.05) is 0 Å². The van der Waals surface area contributed by atoms with Crippen molar-refractivity contribution in [2.24, 2.45) is 0 Å². The quantitative estimate of drug-likeness (QED) is 0.712. The van der Waals surface area contributed by atoms with Crippen molar-refractivity contribution in [3.8, 4) is 6.07 Å². The molecule has 84 valence electrons. The van der Waals surface area contributed by atoms with Crippen LogP contribution in [0.2, 0.25) is 0 Å². The summed E-state index contributed by atoms with van der Waals surface area (Å²) in [6.45, 7) is 5.22. The molecule has 1 unspecified atom stereocenters. The first-order valence-electron chi connectivity index (χ1n) is 4.93. The number of hydrogen-bond acceptors (Lipinski definition) is 5. The molecule has 5 nitrogen and oxygen atoms in total. The van der Waals surface area contributed by atoms with Crippen molar-refractivity contribution in [3.05, 3.63) is 23.5 Å². The fourth-order valence-corrected chi connectivity index (χ4v) is 1.19. The molecule has 0 aromatic carbocycles. The van der Waals surface area contributed by atoms with Crippen molar-refractivity contribution in [2.45, 2.75) is 26.2 Å². The van der Waals surface area contributed by atoms with E-state index in [4.69, 9.17) is 10.00 Å². The lowest BCUT2D eigenvalue weighted by Crippen LogP contribution is -2.34. The molecule has 0 saturated heterocycles. The van der Waals surface area contributed by atoms with Gasteiger partial charge in [0.15, 0.2) is 5.41 Å². The molecule has 0 saturated carbocycles. The molecule has 0 spiro atoms. The molecule has 1 heterocycles. The van der Waals surface area contributed by atoms with Crippen LogP contribution in [0.1, 0.15) is 25.1 Å². The van der Waals surface area contributed by atoms with Crippen molar-refractivity contribution in [2.75, 3.05) is 6.61 Å². The van der Waals surface area contributed by atoms with Crippen LogP contribution in [0.15, 0.2) is 12.3 Å². The highest BCUT2D eigenvalue weighted by molar-refractivity contribution is 5.85. The zero-order valence-electron chi connectivity index (χ0n) is 9.52. The van der Waals surface area contributed by atoms with Gasteiger partial charge in [-0.2, -0.15) is 15.5 Å². The van der Waals surface area contributed by atoms with Gasteiger partial charge < -0.3 is 4.74 Å². The second kappa shape index (κ2) is 4.71. The van der Waals surface area contributed by atoms with Crippen LogP contribution < -0.4 is 0 Å². The number of nitriles is 1. The number of carbonyl (C=O) groups is 1. The van der Waals surface area contributed by atoms with E-state index in [2.05, 4.69) is 10.2 Å². The molecule has 0 amide bonds. The average Bonchev–Trinajstić information content (AvgIpc) is 2.28. The lowest BCUT2D eigenvalue weighted by atomic mass is 9.88. The van der Waals surface area contributed by atoms with Gasteiger partial charge in [-0.3, -0.25) is 0 Å². The van der Waals surface area contributed by atoms with Crippen molar-refractivity contribution >= 4 is 5.97 Å². The Balaban J connectivity index is 3.16. The lowest BCUT2D eigenvalue weighted by molar-refractivity contribution is -0.147. The standard InChI is InChI=1S/C11H13N3O2/c1-4-16-10(15)11(3,7-12)9-5-8(2)6-13-14-9/h5-6H,4H2,1-3H3. The van der Waals surface area contributed by atoms with Crippen LogP contribution in [0.25, 0.3) is 0 Å². The van der Waals surface area contributed by atoms with Crippen LogP contribution in [0, 0.1) is 18.3 Å². The van der Waals surface area contributed by atoms with Gasteiger partial charge >= 0.3 is 5.97 Å². The Labute approximate surface area is 94.1 Å². The molecule has 5 heteroatoms. The first-order valence-corrected chi connectivity index (χ1v) is 4.93. The Bertz CT molecular complexity index is 439. The number of carbonyl (C=O) groups excluding carboxylic acids is 1. The van der Waals surface area contributed by atoms with E-state index in [9.17, 15) is 4.79 Å². The zero-order chi connectivity index (χ0) is 12.2. The van der Waals surface area contributed by atoms with E-state index in [1.807, 2.05) is 13.0 Å². The Morgan fingerprint density at radius 1 is 1.69 bits per heavy atom. The number of rotatable bonds is 3. The molecular weight excluding hydrogens is 206 g/mol. The fraction of sp³-hybridized carbons (Fsp3) is 0.455. The van der Waals surface area contributed by atoms with Crippen LogP contribution in [0.4, 0.5) is 0 Å². The van der Waals surface area contributed by atoms with Crippen molar-refractivity contribution in [1.82, 2.24) is 10.2 Å². The van der Waals surface area contributed by atoms with E-state index in [1.165, 1.54) is 6.92 Å². The summed E-state index contributed by atoms with van der Waals surface area (Å²) < 4.78 is 4.86. The number of esters is 1. The molecule has 16 heavy (non-hydrogen) atoms. The summed E-state index contributed by atoms with van der Waals surface area (Å²) in [5.41, 5.74) is -0.237. The van der Waals surface area contributed by atoms with Crippen LogP contribution >= 0.6 is 0 Å². The summed E-state index contributed by atoms with van der Waals surface area (Å²) in [6.07, 6.45) is 1.56. The summed E-state index contributed by atoms with van der Waals surface area (Å²) in [5.74, 6) is -0.600. The molecule has 1 aromatic rings. The average molecular weight is 219 g/mol. The summed E-state index contributed by atoms with van der Waals surface area (Å²) in [6, 6.07) is 3.59. The Hall–Kier alpha value is -1.96. The molecule has 0 aliphatic heterocycles. The molecule has 0 radical (unpaired) electrons. The topological polar surface area (TPSA) is 75.9 Å². The Morgan fingerprint density at radius 3 is 2.88 bits per heavy atom. The van der Waals surface area contributed by atoms with Gasteiger partial charge in [0.25, 0.3) is 0 Å². The number of aryl methyl sites for hydroxylation is 1. The van der Waals surface area contributed by atoms with Crippen LogP contribution in [-0.4, -0.2) is 22.8 Å². The molecule has 0 bridgehead atoms. The van der Waals surface area contributed by atoms with E-state index in [-0.39, 0.29) is 6.61 Å². The van der Waals surface area contributed by atoms with Gasteiger partial charge in [-0.15, -0.1) is 0 Å². The van der Waals surface area contributed by atoms with Gasteiger partial charge in [0.2, 0.25) is 0 Å². The number of aromatic nitrogens is 2. The minimum atomic E-state index is -1.39. The number of hydrogen-bond donors (Lipinski definition) is 0. The highest BCUT2D eigenvalue weighted by atomic mass is 16.5. The van der Waals surface area contributed by atoms with E-state index in [0.717, 1.165) is 5.56 Å². The van der Waals surface area contributed by atoms with Crippen molar-refractivity contribution in [1.29, 1.82) is 5.26 Å². The van der Waals surface area contributed by atoms with Crippen molar-refractivity contribution in [3.63, 3.8) is 0 Å². The minimum absolute atomic E-state index is 0.231. The van der Waals surface area contributed by atoms with Crippen LogP contribution in [-0.2, 0) is 14.9 Å². The summed E-state index contributed by atoms with van der Waals surface area (Å²) in [5, 5.41) is 16.7. The second-order valence-corrected chi connectivity index (χ2v) is 3.58. The van der Waals surface area contributed by atoms with Gasteiger partial charge in [-0.25, -0.2) is 4.79 Å². The fourth-order valence-electron chi connectivity index (χ4n) is 1.19. The maximum Gasteiger partial charge on any atom is 0.332 e. The summed E-state index contributed by atoms with van der Waals surface area (Å²) >= 11 is 0. The third-order valence-corrected chi connectivity index (χ3v) is 2.21. The predicted molar refractivity (Wildman–Crippen MR) is 56.4 cm³/mol. The third kappa shape index (κ3) is 2.16. The highest BCUT2D eigenvalue weighted by Crippen LogP contribution is 2.22. The smallest absolute Gasteiger partial charge is 0.332 e. The molecular formula is C11H13N3O2. The normalized spacial score (nSPS) is 13.6. The third-order valence-electron chi connectivity index (χ3n) is 2.21. The molecule has 0 N–H and O–H groups in total. The van der Waals surface area contributed by atoms with E-state index in [0.29, 0.717) is 5.69 Å². The molecule has 1 aromatic heterocycles. The number of nitrogens with zero attached hydrogens (tertiary/aromatic N) is 3. The molecule has 0 fully saturated rings. The van der Waals surface area contributed by atoms with E-state index < -0.39 is 11.4 Å². The van der Waals surface area contributed by atoms with Gasteiger partial charge in [0.05, 0.1) is 24.6 Å². The molecule has 1 rings (SSSR count). The van der Waals surface area contributed by atoms with Gasteiger partial charge in [-0.05, 0) is 32.4 Å². The molecule has 0 aliphatic rings. The highest BCUT2D eigenvalue weighted by Gasteiger charge is 2.39. The van der Waals surface area contributed by atoms with Crippen molar-refractivity contribution < 1.29 is 9.53 Å². The molecule has 1 atom stereocenters. The van der Waals surface area contributed by atoms with Gasteiger partial charge in [0.1, 0.15) is 0 Å². The summed E-state index contributed by atoms with van der Waals surface area (Å²) in [7, 11) is 0. The Kier molecular flexibility index (Phi) is 3.56. The molecule has 0 aliphatic carbocycles. The maximum atomic E-state index is 11.7. The monoisotopic (exact) mass is 219 g/mol. The van der Waals surface area contributed by atoms with Crippen LogP contribution in [0.3, 0.4) is 0 Å².